The molecule has 0 radical (unpaired) electrons. The summed E-state index contributed by atoms with van der Waals surface area (Å²) in [5.41, 5.74) is 0.272. The predicted octanol–water partition coefficient (Wildman–Crippen LogP) is 5.47. The van der Waals surface area contributed by atoms with E-state index in [2.05, 4.69) is 11.9 Å². The first kappa shape index (κ1) is 19.6. The fourth-order valence-corrected chi connectivity index (χ4v) is 2.62. The molecule has 1 aromatic rings. The molecule has 0 aliphatic carbocycles. The van der Waals surface area contributed by atoms with Gasteiger partial charge in [-0.1, -0.05) is 26.2 Å². The molecule has 0 saturated heterocycles. The Bertz CT molecular complexity index is 514. The highest BCUT2D eigenvalue weighted by molar-refractivity contribution is 7.99. The molecule has 0 aromatic carbocycles. The highest BCUT2D eigenvalue weighted by atomic mass is 32.2. The average molecular weight is 343 g/mol. The molecular formula is C17H23F2NO2S. The lowest BCUT2D eigenvalue weighted by molar-refractivity contribution is 0.0507. The van der Waals surface area contributed by atoms with Crippen molar-refractivity contribution in [2.75, 3.05) is 12.4 Å². The van der Waals surface area contributed by atoms with Gasteiger partial charge in [0.05, 0.1) is 17.2 Å². The SMILES string of the molecule is CCCCCCSc1ccc(C(=O)OCCC(C)=C(F)F)cn1. The van der Waals surface area contributed by atoms with E-state index in [1.54, 1.807) is 23.9 Å². The number of ether oxygens (including phenoxy) is 1. The van der Waals surface area contributed by atoms with E-state index in [4.69, 9.17) is 4.74 Å². The van der Waals surface area contributed by atoms with Crippen LogP contribution in [0.1, 0.15) is 56.3 Å². The fraction of sp³-hybridized carbons (Fsp3) is 0.529. The maximum absolute atomic E-state index is 12.2. The van der Waals surface area contributed by atoms with E-state index in [1.165, 1.54) is 32.4 Å². The summed E-state index contributed by atoms with van der Waals surface area (Å²) in [4.78, 5) is 16.0. The first-order chi connectivity index (χ1) is 11.0. The van der Waals surface area contributed by atoms with Gasteiger partial charge in [-0.3, -0.25) is 0 Å². The van der Waals surface area contributed by atoms with Gasteiger partial charge < -0.3 is 4.74 Å². The number of unbranched alkanes of at least 4 members (excludes halogenated alkanes) is 3. The molecule has 3 nitrogen and oxygen atoms in total. The first-order valence-corrected chi connectivity index (χ1v) is 8.80. The second kappa shape index (κ2) is 11.2. The van der Waals surface area contributed by atoms with Crippen LogP contribution in [0, 0.1) is 0 Å². The number of nitrogens with zero attached hydrogens (tertiary/aromatic N) is 1. The summed E-state index contributed by atoms with van der Waals surface area (Å²) < 4.78 is 29.4. The Morgan fingerprint density at radius 1 is 1.26 bits per heavy atom. The van der Waals surface area contributed by atoms with E-state index in [0.717, 1.165) is 17.2 Å². The molecule has 0 amide bonds. The van der Waals surface area contributed by atoms with Gasteiger partial charge in [0.1, 0.15) is 0 Å². The molecule has 128 valence electrons. The van der Waals surface area contributed by atoms with Crippen LogP contribution in [0.15, 0.2) is 35.0 Å². The molecule has 0 fully saturated rings. The molecular weight excluding hydrogens is 320 g/mol. The van der Waals surface area contributed by atoms with Crippen molar-refractivity contribution in [3.05, 3.63) is 35.5 Å². The van der Waals surface area contributed by atoms with Crippen molar-refractivity contribution in [1.29, 1.82) is 0 Å². The van der Waals surface area contributed by atoms with Crippen LogP contribution in [0.2, 0.25) is 0 Å². The van der Waals surface area contributed by atoms with Gasteiger partial charge in [0.2, 0.25) is 0 Å². The Labute approximate surface area is 140 Å². The molecule has 1 aromatic heterocycles. The largest absolute Gasteiger partial charge is 0.462 e. The standard InChI is InChI=1S/C17H23F2NO2S/c1-3-4-5-6-11-23-15-8-7-14(12-20-15)17(21)22-10-9-13(2)16(18)19/h7-8,12H,3-6,9-11H2,1-2H3. The van der Waals surface area contributed by atoms with Crippen molar-refractivity contribution < 1.29 is 18.3 Å². The molecule has 6 heteroatoms. The van der Waals surface area contributed by atoms with Gasteiger partial charge in [-0.25, -0.2) is 9.78 Å². The van der Waals surface area contributed by atoms with E-state index < -0.39 is 12.0 Å². The molecule has 0 aliphatic heterocycles. The van der Waals surface area contributed by atoms with Gasteiger partial charge in [0.25, 0.3) is 6.08 Å². The summed E-state index contributed by atoms with van der Waals surface area (Å²) in [6, 6.07) is 3.44. The fourth-order valence-electron chi connectivity index (χ4n) is 1.77. The topological polar surface area (TPSA) is 39.2 Å². The number of thioether (sulfide) groups is 1. The Morgan fingerprint density at radius 3 is 2.65 bits per heavy atom. The Kier molecular flexibility index (Phi) is 9.52. The average Bonchev–Trinajstić information content (AvgIpc) is 2.55. The van der Waals surface area contributed by atoms with Crippen molar-refractivity contribution in [1.82, 2.24) is 4.98 Å². The summed E-state index contributed by atoms with van der Waals surface area (Å²) in [7, 11) is 0. The van der Waals surface area contributed by atoms with E-state index in [0.29, 0.717) is 5.56 Å². The lowest BCUT2D eigenvalue weighted by Gasteiger charge is -2.05. The molecule has 1 rings (SSSR count). The molecule has 1 heterocycles. The van der Waals surface area contributed by atoms with Gasteiger partial charge >= 0.3 is 5.97 Å². The lowest BCUT2D eigenvalue weighted by Crippen LogP contribution is -2.07. The van der Waals surface area contributed by atoms with Crippen molar-refractivity contribution in [2.45, 2.75) is 51.0 Å². The van der Waals surface area contributed by atoms with Crippen molar-refractivity contribution >= 4 is 17.7 Å². The molecule has 0 saturated carbocycles. The number of carbonyl (C=O) groups is 1. The molecule has 0 bridgehead atoms. The highest BCUT2D eigenvalue weighted by Crippen LogP contribution is 2.18. The minimum atomic E-state index is -1.72. The van der Waals surface area contributed by atoms with Gasteiger partial charge in [-0.05, 0) is 36.8 Å². The molecule has 23 heavy (non-hydrogen) atoms. The Balaban J connectivity index is 2.34. The van der Waals surface area contributed by atoms with Crippen LogP contribution in [-0.2, 0) is 4.74 Å². The zero-order valence-corrected chi connectivity index (χ0v) is 14.4. The van der Waals surface area contributed by atoms with Crippen LogP contribution in [0.5, 0.6) is 0 Å². The van der Waals surface area contributed by atoms with Crippen LogP contribution in [0.4, 0.5) is 8.78 Å². The number of hydrogen-bond acceptors (Lipinski definition) is 4. The predicted molar refractivity (Wildman–Crippen MR) is 88.9 cm³/mol. The molecule has 0 unspecified atom stereocenters. The maximum atomic E-state index is 12.2. The Morgan fingerprint density at radius 2 is 2.04 bits per heavy atom. The van der Waals surface area contributed by atoms with E-state index >= 15 is 0 Å². The number of carbonyl (C=O) groups excluding carboxylic acids is 1. The number of aromatic nitrogens is 1. The summed E-state index contributed by atoms with van der Waals surface area (Å²) in [6.07, 6.45) is 4.63. The number of esters is 1. The van der Waals surface area contributed by atoms with Crippen LogP contribution < -0.4 is 0 Å². The first-order valence-electron chi connectivity index (χ1n) is 7.81. The smallest absolute Gasteiger partial charge is 0.339 e. The second-order valence-electron chi connectivity index (χ2n) is 5.22. The number of rotatable bonds is 10. The van der Waals surface area contributed by atoms with Crippen LogP contribution in [0.3, 0.4) is 0 Å². The molecule has 0 atom stereocenters. The third kappa shape index (κ3) is 8.11. The summed E-state index contributed by atoms with van der Waals surface area (Å²) >= 11 is 1.66. The molecule has 0 spiro atoms. The van der Waals surface area contributed by atoms with E-state index in [1.807, 2.05) is 0 Å². The quantitative estimate of drug-likeness (QED) is 0.321. The normalized spacial score (nSPS) is 10.4. The molecule has 0 aliphatic rings. The van der Waals surface area contributed by atoms with Crippen molar-refractivity contribution in [3.8, 4) is 0 Å². The zero-order chi connectivity index (χ0) is 17.1. The third-order valence-corrected chi connectivity index (χ3v) is 4.28. The minimum Gasteiger partial charge on any atom is -0.462 e. The van der Waals surface area contributed by atoms with Gasteiger partial charge in [0.15, 0.2) is 0 Å². The van der Waals surface area contributed by atoms with Gasteiger partial charge in [-0.15, -0.1) is 11.8 Å². The van der Waals surface area contributed by atoms with Crippen molar-refractivity contribution in [2.24, 2.45) is 0 Å². The third-order valence-electron chi connectivity index (χ3n) is 3.25. The number of hydrogen-bond donors (Lipinski definition) is 0. The van der Waals surface area contributed by atoms with Gasteiger partial charge in [-0.2, -0.15) is 8.78 Å². The van der Waals surface area contributed by atoms with Crippen LogP contribution in [0.25, 0.3) is 0 Å². The second-order valence-corrected chi connectivity index (χ2v) is 6.34. The summed E-state index contributed by atoms with van der Waals surface area (Å²) in [6.45, 7) is 3.44. The van der Waals surface area contributed by atoms with Crippen LogP contribution in [-0.4, -0.2) is 23.3 Å². The monoisotopic (exact) mass is 343 g/mol. The minimum absolute atomic E-state index is 0.0349. The van der Waals surface area contributed by atoms with E-state index in [-0.39, 0.29) is 18.6 Å². The van der Waals surface area contributed by atoms with Crippen LogP contribution >= 0.6 is 11.8 Å². The maximum Gasteiger partial charge on any atom is 0.339 e. The highest BCUT2D eigenvalue weighted by Gasteiger charge is 2.09. The summed E-state index contributed by atoms with van der Waals surface area (Å²) in [5, 5.41) is 0.872. The molecule has 0 N–H and O–H groups in total. The number of pyridine rings is 1. The lowest BCUT2D eigenvalue weighted by atomic mass is 10.2. The number of halogens is 2. The van der Waals surface area contributed by atoms with Crippen molar-refractivity contribution in [3.63, 3.8) is 0 Å². The Hall–Kier alpha value is -1.43. The van der Waals surface area contributed by atoms with E-state index in [9.17, 15) is 13.6 Å². The van der Waals surface area contributed by atoms with Gasteiger partial charge in [0, 0.05) is 12.6 Å². The zero-order valence-electron chi connectivity index (χ0n) is 13.6. The summed E-state index contributed by atoms with van der Waals surface area (Å²) in [5.74, 6) is 0.473.